The van der Waals surface area contributed by atoms with Crippen LogP contribution in [0.25, 0.3) is 11.2 Å². The van der Waals surface area contributed by atoms with Crippen molar-refractivity contribution < 1.29 is 32.0 Å². The molecule has 1 saturated heterocycles. The first kappa shape index (κ1) is 21.3. The van der Waals surface area contributed by atoms with Gasteiger partial charge in [0, 0.05) is 0 Å². The average Bonchev–Trinajstić information content (AvgIpc) is 3.15. The van der Waals surface area contributed by atoms with Gasteiger partial charge in [-0.3, -0.25) is 18.3 Å². The van der Waals surface area contributed by atoms with Crippen molar-refractivity contribution in [2.45, 2.75) is 31.4 Å². The molecule has 0 saturated carbocycles. The molecule has 14 nitrogen and oxygen atoms in total. The summed E-state index contributed by atoms with van der Waals surface area (Å²) < 4.78 is 36.3. The van der Waals surface area contributed by atoms with Gasteiger partial charge in [0.05, 0.1) is 19.0 Å². The van der Waals surface area contributed by atoms with Crippen LogP contribution in [0.5, 0.6) is 0 Å². The van der Waals surface area contributed by atoms with E-state index in [1.165, 1.54) is 13.3 Å². The number of nitrogens with zero attached hydrogens (tertiary/aromatic N) is 4. The Bertz CT molecular complexity index is 1070. The number of fused-ring (bicyclic) bond motifs is 1. The lowest BCUT2D eigenvalue weighted by Gasteiger charge is -2.15. The van der Waals surface area contributed by atoms with Crippen molar-refractivity contribution in [1.82, 2.24) is 24.2 Å². The second kappa shape index (κ2) is 7.77. The lowest BCUT2D eigenvalue weighted by atomic mass is 10.2. The van der Waals surface area contributed by atoms with Crippen molar-refractivity contribution in [1.29, 1.82) is 0 Å². The molecule has 2 aromatic rings. The predicted molar refractivity (Wildman–Crippen MR) is 96.3 cm³/mol. The van der Waals surface area contributed by atoms with Gasteiger partial charge in [-0.15, -0.1) is 0 Å². The number of nitrogens with one attached hydrogen (secondary N) is 1. The second-order valence-corrected chi connectivity index (χ2v) is 7.76. The molecule has 0 aliphatic carbocycles. The molecule has 1 fully saturated rings. The first-order valence-corrected chi connectivity index (χ1v) is 9.78. The third kappa shape index (κ3) is 4.29. The standard InChI is InChI=1S/C13H16ClN7O7S/c1-4(15)11(24)20-29(25,26)27-2-5-7(22)8(23)12(28-5)21-3-17-6-9(16)18-13(14)19-10(6)21/h3-5,7,12,22H,2,15H2,1H3,(H,20,24)(H2,16,18,19)/t4-,5+,7+,12+/m0/s1. The van der Waals surface area contributed by atoms with Crippen molar-refractivity contribution in [2.75, 3.05) is 12.3 Å². The molecule has 4 atom stereocenters. The molecular weight excluding hydrogens is 434 g/mol. The summed E-state index contributed by atoms with van der Waals surface area (Å²) >= 11 is 5.77. The summed E-state index contributed by atoms with van der Waals surface area (Å²) in [6.07, 6.45) is -3.28. The Morgan fingerprint density at radius 1 is 1.52 bits per heavy atom. The van der Waals surface area contributed by atoms with Crippen LogP contribution < -0.4 is 16.2 Å². The smallest absolute Gasteiger partial charge is 0.362 e. The Morgan fingerprint density at radius 2 is 2.21 bits per heavy atom. The number of hydrogen-bond donors (Lipinski definition) is 4. The minimum atomic E-state index is -4.53. The number of aromatic nitrogens is 4. The number of ketones is 1. The highest BCUT2D eigenvalue weighted by atomic mass is 35.5. The number of aliphatic hydroxyl groups is 1. The van der Waals surface area contributed by atoms with Gasteiger partial charge in [0.15, 0.2) is 17.7 Å². The molecule has 0 radical (unpaired) electrons. The zero-order chi connectivity index (χ0) is 21.5. The second-order valence-electron chi connectivity index (χ2n) is 6.07. The highest BCUT2D eigenvalue weighted by Gasteiger charge is 2.45. The van der Waals surface area contributed by atoms with E-state index >= 15 is 0 Å². The van der Waals surface area contributed by atoms with Crippen molar-refractivity contribution in [3.63, 3.8) is 0 Å². The maximum atomic E-state index is 12.4. The Labute approximate surface area is 168 Å². The zero-order valence-electron chi connectivity index (χ0n) is 14.7. The number of carbonyl (C=O) groups is 2. The number of anilines is 1. The van der Waals surface area contributed by atoms with E-state index in [4.69, 9.17) is 27.8 Å². The summed E-state index contributed by atoms with van der Waals surface area (Å²) in [6, 6.07) is -1.09. The van der Waals surface area contributed by atoms with Crippen molar-refractivity contribution in [2.24, 2.45) is 5.73 Å². The number of aliphatic hydroxyl groups excluding tert-OH is 1. The Morgan fingerprint density at radius 3 is 2.86 bits per heavy atom. The van der Waals surface area contributed by atoms with E-state index in [1.54, 1.807) is 4.72 Å². The lowest BCUT2D eigenvalue weighted by molar-refractivity contribution is -0.130. The fourth-order valence-electron chi connectivity index (χ4n) is 2.45. The lowest BCUT2D eigenvalue weighted by Crippen LogP contribution is -2.43. The van der Waals surface area contributed by atoms with Gasteiger partial charge in [0.25, 0.3) is 5.91 Å². The van der Waals surface area contributed by atoms with Crippen molar-refractivity contribution >= 4 is 50.6 Å². The van der Waals surface area contributed by atoms with E-state index < -0.39 is 53.1 Å². The van der Waals surface area contributed by atoms with E-state index in [0.717, 1.165) is 4.57 Å². The van der Waals surface area contributed by atoms with E-state index in [1.807, 2.05) is 0 Å². The van der Waals surface area contributed by atoms with Crippen LogP contribution in [0.15, 0.2) is 6.33 Å². The fourth-order valence-corrected chi connectivity index (χ4v) is 3.43. The van der Waals surface area contributed by atoms with Crippen LogP contribution in [0.4, 0.5) is 5.82 Å². The molecule has 6 N–H and O–H groups in total. The van der Waals surface area contributed by atoms with Crippen LogP contribution in [-0.2, 0) is 28.8 Å². The SMILES string of the molecule is C[C@H](N)C(=O)NS(=O)(=O)OC[C@H]1O[C@@H](n2cnc3c(N)nc(Cl)nc32)C(=O)[C@@H]1O. The summed E-state index contributed by atoms with van der Waals surface area (Å²) in [4.78, 5) is 35.4. The molecule has 0 aromatic carbocycles. The number of carbonyl (C=O) groups excluding carboxylic acids is 2. The fraction of sp³-hybridized carbons (Fsp3) is 0.462. The monoisotopic (exact) mass is 449 g/mol. The number of halogens is 1. The maximum absolute atomic E-state index is 12.4. The van der Waals surface area contributed by atoms with Crippen molar-refractivity contribution in [3.8, 4) is 0 Å². The molecule has 3 heterocycles. The third-order valence-electron chi connectivity index (χ3n) is 3.89. The predicted octanol–water partition coefficient (Wildman–Crippen LogP) is -2.39. The number of amides is 1. The van der Waals surface area contributed by atoms with Gasteiger partial charge in [-0.2, -0.15) is 18.4 Å². The van der Waals surface area contributed by atoms with E-state index in [-0.39, 0.29) is 22.3 Å². The van der Waals surface area contributed by atoms with Crippen LogP contribution in [-0.4, -0.2) is 69.6 Å². The Kier molecular flexibility index (Phi) is 5.70. The molecule has 29 heavy (non-hydrogen) atoms. The van der Waals surface area contributed by atoms with Gasteiger partial charge in [-0.1, -0.05) is 0 Å². The van der Waals surface area contributed by atoms with Crippen LogP contribution >= 0.6 is 11.6 Å². The maximum Gasteiger partial charge on any atom is 0.362 e. The molecule has 3 rings (SSSR count). The Balaban J connectivity index is 1.76. The van der Waals surface area contributed by atoms with Crippen LogP contribution in [0, 0.1) is 0 Å². The number of ether oxygens (including phenoxy) is 1. The minimum absolute atomic E-state index is 0.0272. The Hall–Kier alpha value is -2.43. The minimum Gasteiger partial charge on any atom is -0.382 e. The number of nitrogen functional groups attached to an aromatic ring is 1. The van der Waals surface area contributed by atoms with Gasteiger partial charge in [-0.25, -0.2) is 9.71 Å². The van der Waals surface area contributed by atoms with Crippen LogP contribution in [0.1, 0.15) is 13.2 Å². The van der Waals surface area contributed by atoms with Gasteiger partial charge in [-0.05, 0) is 18.5 Å². The van der Waals surface area contributed by atoms with Gasteiger partial charge < -0.3 is 21.3 Å². The number of rotatable bonds is 6. The first-order valence-electron chi connectivity index (χ1n) is 7.99. The summed E-state index contributed by atoms with van der Waals surface area (Å²) in [5, 5.41) is 9.91. The molecule has 0 unspecified atom stereocenters. The molecule has 2 aromatic heterocycles. The van der Waals surface area contributed by atoms with Crippen molar-refractivity contribution in [3.05, 3.63) is 11.6 Å². The zero-order valence-corrected chi connectivity index (χ0v) is 16.3. The normalized spacial score (nSPS) is 23.4. The van der Waals surface area contributed by atoms with Crippen LogP contribution in [0.3, 0.4) is 0 Å². The number of imidazole rings is 1. The summed E-state index contributed by atoms with van der Waals surface area (Å²) in [7, 11) is -4.53. The number of nitrogens with two attached hydrogens (primary N) is 2. The van der Waals surface area contributed by atoms with E-state index in [0.29, 0.717) is 0 Å². The molecule has 0 spiro atoms. The van der Waals surface area contributed by atoms with Gasteiger partial charge in [0.2, 0.25) is 11.1 Å². The third-order valence-corrected chi connectivity index (χ3v) is 4.96. The molecule has 16 heteroatoms. The summed E-state index contributed by atoms with van der Waals surface area (Å²) in [5.74, 6) is -1.82. The van der Waals surface area contributed by atoms with Gasteiger partial charge in [0.1, 0.15) is 17.7 Å². The average molecular weight is 450 g/mol. The molecule has 1 aliphatic rings. The first-order chi connectivity index (χ1) is 13.5. The quantitative estimate of drug-likeness (QED) is 0.340. The highest BCUT2D eigenvalue weighted by Crippen LogP contribution is 2.29. The largest absolute Gasteiger partial charge is 0.382 e. The summed E-state index contributed by atoms with van der Waals surface area (Å²) in [6.45, 7) is 0.519. The van der Waals surface area contributed by atoms with Gasteiger partial charge >= 0.3 is 10.3 Å². The highest BCUT2D eigenvalue weighted by molar-refractivity contribution is 7.85. The van der Waals surface area contributed by atoms with E-state index in [9.17, 15) is 23.1 Å². The molecule has 0 bridgehead atoms. The molecule has 158 valence electrons. The number of hydrogen-bond acceptors (Lipinski definition) is 12. The van der Waals surface area contributed by atoms with E-state index in [2.05, 4.69) is 19.1 Å². The molecule has 1 amide bonds. The molecular formula is C13H16ClN7O7S. The topological polar surface area (TPSA) is 215 Å². The van der Waals surface area contributed by atoms with Crippen LogP contribution in [0.2, 0.25) is 5.28 Å². The summed E-state index contributed by atoms with van der Waals surface area (Å²) in [5.41, 5.74) is 11.2. The number of Topliss-reactive ketones (excluding diaryl/α,β-unsaturated/α-hetero) is 1. The molecule has 1 aliphatic heterocycles.